The Labute approximate surface area is 73.6 Å². The molecule has 0 aromatic carbocycles. The largest absolute Gasteiger partial charge is 0.303 e. The fourth-order valence-electron chi connectivity index (χ4n) is 0.619. The molecule has 0 saturated carbocycles. The third kappa shape index (κ3) is 4.46. The lowest BCUT2D eigenvalue weighted by molar-refractivity contribution is -0.110. The van der Waals surface area contributed by atoms with Crippen molar-refractivity contribution in [3.8, 4) is 0 Å². The Balaban J connectivity index is 3.88. The van der Waals surface area contributed by atoms with Crippen molar-refractivity contribution in [1.82, 2.24) is 4.31 Å². The molecular weight excluding hydrogens is 178 g/mol. The van der Waals surface area contributed by atoms with Crippen LogP contribution in [0.4, 0.5) is 0 Å². The Hall–Kier alpha value is -0.420. The van der Waals surface area contributed by atoms with Crippen LogP contribution in [0, 0.1) is 5.92 Å². The van der Waals surface area contributed by atoms with Crippen molar-refractivity contribution in [2.24, 2.45) is 5.92 Å². The molecule has 4 nitrogen and oxygen atoms in total. The number of carbonyl (C=O) groups excluding carboxylic acids is 1. The molecule has 0 spiro atoms. The molecule has 0 aliphatic heterocycles. The highest BCUT2D eigenvalue weighted by Gasteiger charge is 2.11. The lowest BCUT2D eigenvalue weighted by Crippen LogP contribution is -2.27. The number of sulfonamides is 1. The van der Waals surface area contributed by atoms with Crippen molar-refractivity contribution in [3.05, 3.63) is 0 Å². The second kappa shape index (κ2) is 4.57. The molecule has 0 fully saturated rings. The van der Waals surface area contributed by atoms with E-state index in [0.717, 1.165) is 12.5 Å². The van der Waals surface area contributed by atoms with Crippen molar-refractivity contribution in [2.45, 2.75) is 13.3 Å². The fraction of sp³-hybridized carbons (Fsp3) is 0.857. The van der Waals surface area contributed by atoms with Crippen LogP contribution in [-0.4, -0.2) is 38.9 Å². The van der Waals surface area contributed by atoms with Crippen molar-refractivity contribution in [2.75, 3.05) is 19.8 Å². The predicted octanol–water partition coefficient (Wildman–Crippen LogP) is 0.103. The topological polar surface area (TPSA) is 54.5 Å². The second-order valence-corrected chi connectivity index (χ2v) is 5.08. The molecule has 0 aromatic rings. The lowest BCUT2D eigenvalue weighted by Gasteiger charge is -2.14. The van der Waals surface area contributed by atoms with Crippen molar-refractivity contribution in [1.29, 1.82) is 0 Å². The number of aldehydes is 1. The van der Waals surface area contributed by atoms with Crippen LogP contribution in [0.3, 0.4) is 0 Å². The first-order valence-corrected chi connectivity index (χ1v) is 5.59. The molecule has 1 unspecified atom stereocenters. The SMILES string of the molecule is CC(C=O)CCN(C)S(C)(=O)=O. The van der Waals surface area contributed by atoms with E-state index in [1.165, 1.54) is 11.4 Å². The van der Waals surface area contributed by atoms with Crippen LogP contribution in [0.5, 0.6) is 0 Å². The summed E-state index contributed by atoms with van der Waals surface area (Å²) in [5, 5.41) is 0. The van der Waals surface area contributed by atoms with Crippen LogP contribution in [0.25, 0.3) is 0 Å². The minimum absolute atomic E-state index is 0.0748. The summed E-state index contributed by atoms with van der Waals surface area (Å²) in [7, 11) is -1.58. The number of hydrogen-bond donors (Lipinski definition) is 0. The second-order valence-electron chi connectivity index (χ2n) is 2.99. The van der Waals surface area contributed by atoms with E-state index in [2.05, 4.69) is 0 Å². The van der Waals surface area contributed by atoms with Gasteiger partial charge in [0.15, 0.2) is 0 Å². The van der Waals surface area contributed by atoms with Crippen LogP contribution in [0.1, 0.15) is 13.3 Å². The van der Waals surface area contributed by atoms with Crippen LogP contribution in [0.2, 0.25) is 0 Å². The highest BCUT2D eigenvalue weighted by atomic mass is 32.2. The maximum Gasteiger partial charge on any atom is 0.210 e. The van der Waals surface area contributed by atoms with Gasteiger partial charge < -0.3 is 4.79 Å². The average molecular weight is 193 g/mol. The Kier molecular flexibility index (Phi) is 4.41. The molecule has 0 amide bonds. The van der Waals surface area contributed by atoms with E-state index >= 15 is 0 Å². The molecule has 5 heteroatoms. The Morgan fingerprint density at radius 2 is 2.00 bits per heavy atom. The van der Waals surface area contributed by atoms with Crippen LogP contribution >= 0.6 is 0 Å². The van der Waals surface area contributed by atoms with Crippen molar-refractivity contribution < 1.29 is 13.2 Å². The Morgan fingerprint density at radius 3 is 2.33 bits per heavy atom. The van der Waals surface area contributed by atoms with E-state index in [9.17, 15) is 13.2 Å². The van der Waals surface area contributed by atoms with Crippen LogP contribution in [-0.2, 0) is 14.8 Å². The van der Waals surface area contributed by atoms with E-state index < -0.39 is 10.0 Å². The maximum atomic E-state index is 10.9. The molecule has 0 radical (unpaired) electrons. The number of rotatable bonds is 5. The highest BCUT2D eigenvalue weighted by molar-refractivity contribution is 7.88. The zero-order valence-corrected chi connectivity index (χ0v) is 8.47. The fourth-order valence-corrected chi connectivity index (χ4v) is 1.06. The van der Waals surface area contributed by atoms with Gasteiger partial charge in [-0.2, -0.15) is 0 Å². The third-order valence-corrected chi connectivity index (χ3v) is 3.01. The summed E-state index contributed by atoms with van der Waals surface area (Å²) in [5.41, 5.74) is 0. The maximum absolute atomic E-state index is 10.9. The molecule has 72 valence electrons. The monoisotopic (exact) mass is 193 g/mol. The van der Waals surface area contributed by atoms with Gasteiger partial charge in [0.1, 0.15) is 6.29 Å². The molecule has 0 saturated heterocycles. The summed E-state index contributed by atoms with van der Waals surface area (Å²) in [6.07, 6.45) is 2.56. The molecule has 0 aliphatic rings. The normalized spacial score (nSPS) is 14.7. The number of hydrogen-bond acceptors (Lipinski definition) is 3. The summed E-state index contributed by atoms with van der Waals surface area (Å²) in [6.45, 7) is 2.17. The van der Waals surface area contributed by atoms with Gasteiger partial charge in [0.25, 0.3) is 0 Å². The van der Waals surface area contributed by atoms with Gasteiger partial charge in [0.2, 0.25) is 10.0 Å². The third-order valence-electron chi connectivity index (χ3n) is 1.70. The summed E-state index contributed by atoms with van der Waals surface area (Å²) >= 11 is 0. The first-order valence-electron chi connectivity index (χ1n) is 3.74. The van der Waals surface area contributed by atoms with Crippen LogP contribution < -0.4 is 0 Å². The molecule has 0 heterocycles. The van der Waals surface area contributed by atoms with Crippen molar-refractivity contribution >= 4 is 16.3 Å². The molecule has 12 heavy (non-hydrogen) atoms. The summed E-state index contributed by atoms with van der Waals surface area (Å²) in [4.78, 5) is 10.2. The molecule has 1 atom stereocenters. The quantitative estimate of drug-likeness (QED) is 0.582. The molecule has 0 aromatic heterocycles. The van der Waals surface area contributed by atoms with Gasteiger partial charge in [0.05, 0.1) is 6.26 Å². The first-order chi connectivity index (χ1) is 5.38. The smallest absolute Gasteiger partial charge is 0.210 e. The highest BCUT2D eigenvalue weighted by Crippen LogP contribution is 2.01. The zero-order valence-electron chi connectivity index (χ0n) is 7.65. The Bertz CT molecular complexity index is 235. The average Bonchev–Trinajstić information content (AvgIpc) is 1.97. The Morgan fingerprint density at radius 1 is 1.50 bits per heavy atom. The van der Waals surface area contributed by atoms with Crippen LogP contribution in [0.15, 0.2) is 0 Å². The molecule has 0 N–H and O–H groups in total. The van der Waals surface area contributed by atoms with Gasteiger partial charge in [-0.15, -0.1) is 0 Å². The van der Waals surface area contributed by atoms with E-state index in [4.69, 9.17) is 0 Å². The standard InChI is InChI=1S/C7H15NO3S/c1-7(6-9)4-5-8(2)12(3,10)11/h6-7H,4-5H2,1-3H3. The minimum Gasteiger partial charge on any atom is -0.303 e. The predicted molar refractivity (Wildman–Crippen MR) is 47.3 cm³/mol. The summed E-state index contributed by atoms with van der Waals surface area (Å²) in [5.74, 6) is -0.0748. The van der Waals surface area contributed by atoms with Crippen molar-refractivity contribution in [3.63, 3.8) is 0 Å². The summed E-state index contributed by atoms with van der Waals surface area (Å²) in [6, 6.07) is 0. The lowest BCUT2D eigenvalue weighted by atomic mass is 10.1. The van der Waals surface area contributed by atoms with E-state index in [1.54, 1.807) is 6.92 Å². The van der Waals surface area contributed by atoms with Gasteiger partial charge in [-0.05, 0) is 6.42 Å². The van der Waals surface area contributed by atoms with Gasteiger partial charge in [-0.3, -0.25) is 0 Å². The van der Waals surface area contributed by atoms with Gasteiger partial charge in [-0.1, -0.05) is 6.92 Å². The van der Waals surface area contributed by atoms with Gasteiger partial charge in [0, 0.05) is 19.5 Å². The van der Waals surface area contributed by atoms with E-state index in [1.807, 2.05) is 0 Å². The number of carbonyl (C=O) groups is 1. The zero-order chi connectivity index (χ0) is 9.78. The van der Waals surface area contributed by atoms with Gasteiger partial charge >= 0.3 is 0 Å². The molecule has 0 bridgehead atoms. The van der Waals surface area contributed by atoms with E-state index in [-0.39, 0.29) is 5.92 Å². The number of nitrogens with zero attached hydrogens (tertiary/aromatic N) is 1. The molecule has 0 aliphatic carbocycles. The first kappa shape index (κ1) is 11.6. The van der Waals surface area contributed by atoms with E-state index in [0.29, 0.717) is 13.0 Å². The minimum atomic E-state index is -3.09. The molecule has 0 rings (SSSR count). The van der Waals surface area contributed by atoms with Gasteiger partial charge in [-0.25, -0.2) is 12.7 Å². The molecular formula is C7H15NO3S. The summed E-state index contributed by atoms with van der Waals surface area (Å²) < 4.78 is 23.0.